The molecule has 0 spiro atoms. The summed E-state index contributed by atoms with van der Waals surface area (Å²) < 4.78 is 7.99. The van der Waals surface area contributed by atoms with Crippen molar-refractivity contribution in [2.24, 2.45) is 5.92 Å². The van der Waals surface area contributed by atoms with Gasteiger partial charge in [-0.1, -0.05) is 50.6 Å². The molecule has 0 radical (unpaired) electrons. The molecular formula is C22H29N5O. The van der Waals surface area contributed by atoms with Crippen LogP contribution in [0.15, 0.2) is 36.4 Å². The summed E-state index contributed by atoms with van der Waals surface area (Å²) in [6.07, 6.45) is 2.37. The highest BCUT2D eigenvalue weighted by Gasteiger charge is 2.27. The van der Waals surface area contributed by atoms with Crippen molar-refractivity contribution in [3.8, 4) is 0 Å². The zero-order valence-corrected chi connectivity index (χ0v) is 17.1. The van der Waals surface area contributed by atoms with E-state index in [0.717, 1.165) is 43.3 Å². The largest absolute Gasteiger partial charge is 0.373 e. The third kappa shape index (κ3) is 3.87. The normalized spacial score (nSPS) is 20.4. The van der Waals surface area contributed by atoms with Gasteiger partial charge in [-0.2, -0.15) is 4.52 Å². The summed E-state index contributed by atoms with van der Waals surface area (Å²) in [6.45, 7) is 10.1. The van der Waals surface area contributed by atoms with Crippen LogP contribution in [-0.2, 0) is 10.2 Å². The molecule has 0 aliphatic carbocycles. The van der Waals surface area contributed by atoms with Gasteiger partial charge in [-0.15, -0.1) is 15.3 Å². The Morgan fingerprint density at radius 3 is 2.64 bits per heavy atom. The lowest BCUT2D eigenvalue weighted by atomic mass is 9.89. The number of ether oxygens (including phenoxy) is 1. The van der Waals surface area contributed by atoms with Gasteiger partial charge in [0, 0.05) is 24.5 Å². The topological polar surface area (TPSA) is 64.3 Å². The van der Waals surface area contributed by atoms with Crippen LogP contribution < -0.4 is 5.32 Å². The highest BCUT2D eigenvalue weighted by Crippen LogP contribution is 2.34. The van der Waals surface area contributed by atoms with E-state index in [9.17, 15) is 0 Å². The SMILES string of the molecule is Cc1ccc(C2OCCCC2CNc2ccc3nnc(C(C)(C)C)n3n2)cc1. The molecule has 6 nitrogen and oxygen atoms in total. The predicted molar refractivity (Wildman–Crippen MR) is 111 cm³/mol. The minimum atomic E-state index is -0.112. The molecule has 2 unspecified atom stereocenters. The van der Waals surface area contributed by atoms with Crippen LogP contribution in [0.2, 0.25) is 0 Å². The molecule has 1 aromatic carbocycles. The Balaban J connectivity index is 1.51. The lowest BCUT2D eigenvalue weighted by Crippen LogP contribution is -2.28. The summed E-state index contributed by atoms with van der Waals surface area (Å²) in [6, 6.07) is 12.6. The molecule has 6 heteroatoms. The molecule has 1 aliphatic rings. The molecule has 3 aromatic rings. The molecule has 0 amide bonds. The first kappa shape index (κ1) is 18.9. The molecule has 0 saturated carbocycles. The second-order valence-corrected chi connectivity index (χ2v) is 8.75. The van der Waals surface area contributed by atoms with Gasteiger partial charge in [0.25, 0.3) is 0 Å². The minimum Gasteiger partial charge on any atom is -0.373 e. The third-order valence-corrected chi connectivity index (χ3v) is 5.33. The van der Waals surface area contributed by atoms with E-state index >= 15 is 0 Å². The molecule has 1 fully saturated rings. The molecule has 1 saturated heterocycles. The third-order valence-electron chi connectivity index (χ3n) is 5.33. The lowest BCUT2D eigenvalue weighted by molar-refractivity contribution is -0.0238. The molecule has 3 heterocycles. The Morgan fingerprint density at radius 2 is 1.89 bits per heavy atom. The number of benzene rings is 1. The van der Waals surface area contributed by atoms with E-state index in [0.29, 0.717) is 5.92 Å². The molecular weight excluding hydrogens is 350 g/mol. The maximum atomic E-state index is 6.14. The van der Waals surface area contributed by atoms with Gasteiger partial charge >= 0.3 is 0 Å². The molecule has 1 N–H and O–H groups in total. The number of nitrogens with one attached hydrogen (secondary N) is 1. The summed E-state index contributed by atoms with van der Waals surface area (Å²) in [5.41, 5.74) is 3.19. The van der Waals surface area contributed by atoms with E-state index < -0.39 is 0 Å². The molecule has 28 heavy (non-hydrogen) atoms. The van der Waals surface area contributed by atoms with Crippen molar-refractivity contribution in [3.63, 3.8) is 0 Å². The Kier molecular flexibility index (Phi) is 5.06. The first-order valence-corrected chi connectivity index (χ1v) is 10.1. The Labute approximate surface area is 166 Å². The fourth-order valence-electron chi connectivity index (χ4n) is 3.76. The maximum absolute atomic E-state index is 6.14. The van der Waals surface area contributed by atoms with Crippen LogP contribution in [0.1, 0.15) is 56.7 Å². The molecule has 2 aromatic heterocycles. The van der Waals surface area contributed by atoms with Crippen molar-refractivity contribution in [2.75, 3.05) is 18.5 Å². The smallest absolute Gasteiger partial charge is 0.178 e. The van der Waals surface area contributed by atoms with Gasteiger partial charge in [0.2, 0.25) is 0 Å². The number of aromatic nitrogens is 4. The van der Waals surface area contributed by atoms with Crippen molar-refractivity contribution in [1.82, 2.24) is 19.8 Å². The highest BCUT2D eigenvalue weighted by atomic mass is 16.5. The summed E-state index contributed by atoms with van der Waals surface area (Å²) in [4.78, 5) is 0. The Morgan fingerprint density at radius 1 is 1.11 bits per heavy atom. The van der Waals surface area contributed by atoms with Gasteiger partial charge in [-0.25, -0.2) is 0 Å². The van der Waals surface area contributed by atoms with Crippen LogP contribution in [0, 0.1) is 12.8 Å². The summed E-state index contributed by atoms with van der Waals surface area (Å²) >= 11 is 0. The molecule has 148 valence electrons. The number of nitrogens with zero attached hydrogens (tertiary/aromatic N) is 4. The van der Waals surface area contributed by atoms with E-state index in [4.69, 9.17) is 9.84 Å². The number of anilines is 1. The second-order valence-electron chi connectivity index (χ2n) is 8.75. The van der Waals surface area contributed by atoms with Crippen molar-refractivity contribution in [2.45, 2.75) is 52.1 Å². The number of fused-ring (bicyclic) bond motifs is 1. The Bertz CT molecular complexity index is 942. The number of aryl methyl sites for hydroxylation is 1. The fraction of sp³-hybridized carbons (Fsp3) is 0.500. The van der Waals surface area contributed by atoms with Crippen LogP contribution in [0.25, 0.3) is 5.65 Å². The van der Waals surface area contributed by atoms with Gasteiger partial charge in [-0.05, 0) is 37.5 Å². The van der Waals surface area contributed by atoms with Crippen molar-refractivity contribution >= 4 is 11.5 Å². The van der Waals surface area contributed by atoms with E-state index in [1.54, 1.807) is 0 Å². The summed E-state index contributed by atoms with van der Waals surface area (Å²) in [7, 11) is 0. The fourth-order valence-corrected chi connectivity index (χ4v) is 3.76. The zero-order chi connectivity index (χ0) is 19.7. The van der Waals surface area contributed by atoms with Crippen LogP contribution >= 0.6 is 0 Å². The molecule has 0 bridgehead atoms. The molecule has 2 atom stereocenters. The van der Waals surface area contributed by atoms with Crippen molar-refractivity contribution < 1.29 is 4.74 Å². The zero-order valence-electron chi connectivity index (χ0n) is 17.1. The quantitative estimate of drug-likeness (QED) is 0.732. The van der Waals surface area contributed by atoms with Gasteiger partial charge in [0.1, 0.15) is 5.82 Å². The number of rotatable bonds is 4. The standard InChI is InChI=1S/C22H29N5O/c1-15-7-9-16(10-8-15)20-17(6-5-13-28-20)14-23-18-11-12-19-24-25-21(22(2,3)4)27(19)26-18/h7-12,17,20H,5-6,13-14H2,1-4H3,(H,23,26). The highest BCUT2D eigenvalue weighted by molar-refractivity contribution is 5.44. The van der Waals surface area contributed by atoms with E-state index in [1.807, 2.05) is 16.6 Å². The van der Waals surface area contributed by atoms with Gasteiger partial charge in [-0.3, -0.25) is 0 Å². The lowest BCUT2D eigenvalue weighted by Gasteiger charge is -2.32. The predicted octanol–water partition coefficient (Wildman–Crippen LogP) is 4.31. The van der Waals surface area contributed by atoms with Crippen LogP contribution in [0.4, 0.5) is 5.82 Å². The second kappa shape index (κ2) is 7.51. The summed E-state index contributed by atoms with van der Waals surface area (Å²) in [5, 5.41) is 16.8. The van der Waals surface area contributed by atoms with Crippen LogP contribution in [-0.4, -0.2) is 33.0 Å². The van der Waals surface area contributed by atoms with Gasteiger partial charge in [0.05, 0.1) is 6.10 Å². The van der Waals surface area contributed by atoms with Crippen LogP contribution in [0.5, 0.6) is 0 Å². The van der Waals surface area contributed by atoms with Gasteiger partial charge in [0.15, 0.2) is 11.5 Å². The molecule has 4 rings (SSSR count). The maximum Gasteiger partial charge on any atom is 0.178 e. The van der Waals surface area contributed by atoms with Gasteiger partial charge < -0.3 is 10.1 Å². The number of hydrogen-bond acceptors (Lipinski definition) is 5. The van der Waals surface area contributed by atoms with Crippen molar-refractivity contribution in [1.29, 1.82) is 0 Å². The van der Waals surface area contributed by atoms with Crippen LogP contribution in [0.3, 0.4) is 0 Å². The summed E-state index contributed by atoms with van der Waals surface area (Å²) in [5.74, 6) is 2.12. The van der Waals surface area contributed by atoms with E-state index in [2.05, 4.69) is 67.5 Å². The molecule has 1 aliphatic heterocycles. The van der Waals surface area contributed by atoms with E-state index in [1.165, 1.54) is 11.1 Å². The average Bonchev–Trinajstić information content (AvgIpc) is 3.11. The Hall–Kier alpha value is -2.47. The first-order chi connectivity index (χ1) is 13.4. The monoisotopic (exact) mass is 379 g/mol. The average molecular weight is 380 g/mol. The minimum absolute atomic E-state index is 0.112. The van der Waals surface area contributed by atoms with Crippen molar-refractivity contribution in [3.05, 3.63) is 53.3 Å². The van der Waals surface area contributed by atoms with E-state index in [-0.39, 0.29) is 11.5 Å². The number of hydrogen-bond donors (Lipinski definition) is 1. The first-order valence-electron chi connectivity index (χ1n) is 10.1.